The summed E-state index contributed by atoms with van der Waals surface area (Å²) >= 11 is 0. The molecule has 3 rings (SSSR count). The van der Waals surface area contributed by atoms with Crippen molar-refractivity contribution in [3.05, 3.63) is 83.2 Å². The fraction of sp³-hybridized carbons (Fsp3) is 0.389. The molecule has 0 fully saturated rings. The number of Topliss-reactive ketones (excluding diaryl/α,β-unsaturated/α-hetero) is 1. The van der Waals surface area contributed by atoms with Crippen LogP contribution < -0.4 is 11.1 Å². The largest absolute Gasteiger partial charge is 0.404 e. The number of halogens is 2. The minimum Gasteiger partial charge on any atom is -0.404 e. The number of aryl methyl sites for hydroxylation is 1. The van der Waals surface area contributed by atoms with Crippen molar-refractivity contribution in [1.29, 1.82) is 5.41 Å². The number of nitrogens with zero attached hydrogens (tertiary/aromatic N) is 2. The molecule has 4 N–H and O–H groups in total. The standard InChI is InChI=1S/C27H29N5O.C5H10F2.C4H10/c1-17(2)26(33)19(4)14-21-5-6-22(13-18(21)3)27-30-12-11-25(32-27)31-24-9-7-20(8-10-24)23(15-28)16-29;1-3-5(6,7)4-2;1-3-4-2/h5-17,28H,29H2,1-4H3,(H,30,31,32);3-4H2,1-2H3;3-4H2,1-2H3/b19-14+,23-16+,28-15?;;. The quantitative estimate of drug-likeness (QED) is 0.149. The number of nitrogens with one attached hydrogen (secondary N) is 2. The van der Waals surface area contributed by atoms with Gasteiger partial charge in [-0.3, -0.25) is 4.79 Å². The lowest BCUT2D eigenvalue weighted by atomic mass is 9.97. The van der Waals surface area contributed by atoms with Crippen LogP contribution in [-0.4, -0.2) is 27.9 Å². The highest BCUT2D eigenvalue weighted by Crippen LogP contribution is 2.24. The third kappa shape index (κ3) is 12.6. The first-order valence-corrected chi connectivity index (χ1v) is 15.2. The second-order valence-corrected chi connectivity index (χ2v) is 10.7. The Hall–Kier alpha value is -4.20. The fourth-order valence-electron chi connectivity index (χ4n) is 3.68. The van der Waals surface area contributed by atoms with Gasteiger partial charge in [-0.15, -0.1) is 0 Å². The molecule has 0 amide bonds. The zero-order valence-electron chi connectivity index (χ0n) is 27.5. The maximum absolute atomic E-state index is 12.2. The van der Waals surface area contributed by atoms with Gasteiger partial charge in [-0.2, -0.15) is 0 Å². The molecule has 3 aromatic rings. The van der Waals surface area contributed by atoms with Crippen molar-refractivity contribution in [1.82, 2.24) is 9.97 Å². The Labute approximate surface area is 262 Å². The van der Waals surface area contributed by atoms with Gasteiger partial charge in [0.05, 0.1) is 0 Å². The third-order valence-electron chi connectivity index (χ3n) is 6.83. The summed E-state index contributed by atoms with van der Waals surface area (Å²) in [6.45, 7) is 15.0. The molecule has 8 heteroatoms. The van der Waals surface area contributed by atoms with Crippen molar-refractivity contribution >= 4 is 35.2 Å². The smallest absolute Gasteiger partial charge is 0.247 e. The van der Waals surface area contributed by atoms with Gasteiger partial charge in [-0.25, -0.2) is 18.7 Å². The number of unbranched alkanes of at least 4 members (excludes halogenated alkanes) is 1. The van der Waals surface area contributed by atoms with Crippen molar-refractivity contribution < 1.29 is 13.6 Å². The lowest BCUT2D eigenvalue weighted by Gasteiger charge is -2.10. The molecule has 0 aliphatic heterocycles. The molecular weight excluding hydrogens is 556 g/mol. The first kappa shape index (κ1) is 37.8. The van der Waals surface area contributed by atoms with Crippen molar-refractivity contribution in [2.24, 2.45) is 11.7 Å². The predicted octanol–water partition coefficient (Wildman–Crippen LogP) is 10.0. The number of hydrogen-bond donors (Lipinski definition) is 3. The van der Waals surface area contributed by atoms with E-state index in [1.807, 2.05) is 82.3 Å². The van der Waals surface area contributed by atoms with Crippen LogP contribution in [0.1, 0.15) is 90.8 Å². The molecule has 238 valence electrons. The maximum atomic E-state index is 12.2. The van der Waals surface area contributed by atoms with E-state index < -0.39 is 5.92 Å². The molecule has 0 radical (unpaired) electrons. The third-order valence-corrected chi connectivity index (χ3v) is 6.83. The summed E-state index contributed by atoms with van der Waals surface area (Å²) in [5.74, 6) is -0.991. The van der Waals surface area contributed by atoms with E-state index in [0.717, 1.165) is 33.5 Å². The van der Waals surface area contributed by atoms with E-state index in [0.29, 0.717) is 17.2 Å². The van der Waals surface area contributed by atoms with E-state index in [1.165, 1.54) is 39.1 Å². The van der Waals surface area contributed by atoms with E-state index in [9.17, 15) is 13.6 Å². The first-order chi connectivity index (χ1) is 20.9. The van der Waals surface area contributed by atoms with E-state index in [4.69, 9.17) is 11.1 Å². The Kier molecular flexibility index (Phi) is 16.5. The number of hydrogen-bond acceptors (Lipinski definition) is 6. The monoisotopic (exact) mass is 605 g/mol. The zero-order chi connectivity index (χ0) is 33.3. The Bertz CT molecular complexity index is 1390. The first-order valence-electron chi connectivity index (χ1n) is 15.2. The number of carbonyl (C=O) groups is 1. The molecule has 2 aromatic carbocycles. The van der Waals surface area contributed by atoms with Gasteiger partial charge in [0, 0.05) is 54.2 Å². The molecular formula is C36H49F2N5O. The summed E-state index contributed by atoms with van der Waals surface area (Å²) in [6, 6.07) is 15.4. The molecule has 0 spiro atoms. The van der Waals surface area contributed by atoms with E-state index in [1.54, 1.807) is 6.20 Å². The molecule has 1 heterocycles. The van der Waals surface area contributed by atoms with Crippen LogP contribution in [0.2, 0.25) is 0 Å². The molecule has 0 bridgehead atoms. The molecule has 0 atom stereocenters. The highest BCUT2D eigenvalue weighted by Gasteiger charge is 2.21. The van der Waals surface area contributed by atoms with Crippen LogP contribution in [0.4, 0.5) is 20.3 Å². The molecule has 0 saturated heterocycles. The van der Waals surface area contributed by atoms with Gasteiger partial charge in [0.1, 0.15) is 5.82 Å². The SMILES string of the molecule is C/C(=C\c1ccc(-c2nccc(Nc3ccc(/C(C=N)=C/N)cc3)n2)cc1C)C(=O)C(C)C.CCC(F)(F)CC.CCCC. The second kappa shape index (κ2) is 19.2. The van der Waals surface area contributed by atoms with E-state index >= 15 is 0 Å². The summed E-state index contributed by atoms with van der Waals surface area (Å²) in [7, 11) is 0. The molecule has 0 saturated carbocycles. The molecule has 1 aromatic heterocycles. The van der Waals surface area contributed by atoms with Gasteiger partial charge in [-0.1, -0.05) is 78.6 Å². The number of anilines is 2. The minimum atomic E-state index is -2.42. The van der Waals surface area contributed by atoms with Crippen LogP contribution in [0.3, 0.4) is 0 Å². The number of alkyl halides is 2. The van der Waals surface area contributed by atoms with Crippen LogP contribution in [0.5, 0.6) is 0 Å². The van der Waals surface area contributed by atoms with Crippen molar-refractivity contribution in [3.8, 4) is 11.4 Å². The number of nitrogens with two attached hydrogens (primary N) is 1. The number of ketones is 1. The molecule has 0 unspecified atom stereocenters. The van der Waals surface area contributed by atoms with Crippen LogP contribution in [-0.2, 0) is 4.79 Å². The lowest BCUT2D eigenvalue weighted by molar-refractivity contribution is -0.118. The summed E-state index contributed by atoms with van der Waals surface area (Å²) in [4.78, 5) is 21.3. The van der Waals surface area contributed by atoms with E-state index in [2.05, 4.69) is 29.1 Å². The Morgan fingerprint density at radius 1 is 1.02 bits per heavy atom. The minimum absolute atomic E-state index is 0.0177. The number of allylic oxidation sites excluding steroid dienone is 2. The van der Waals surface area contributed by atoms with E-state index in [-0.39, 0.29) is 24.5 Å². The number of aromatic nitrogens is 2. The summed E-state index contributed by atoms with van der Waals surface area (Å²) in [6.07, 6.45) is 8.86. The summed E-state index contributed by atoms with van der Waals surface area (Å²) < 4.78 is 23.8. The van der Waals surface area contributed by atoms with Crippen LogP contribution >= 0.6 is 0 Å². The van der Waals surface area contributed by atoms with Crippen LogP contribution in [0.25, 0.3) is 23.0 Å². The summed E-state index contributed by atoms with van der Waals surface area (Å²) in [5, 5.41) is 10.7. The molecule has 44 heavy (non-hydrogen) atoms. The topological polar surface area (TPSA) is 105 Å². The van der Waals surface area contributed by atoms with Crippen molar-refractivity contribution in [2.45, 2.75) is 87.0 Å². The fourth-order valence-corrected chi connectivity index (χ4v) is 3.68. The molecule has 0 aliphatic carbocycles. The van der Waals surface area contributed by atoms with Crippen molar-refractivity contribution in [2.75, 3.05) is 5.32 Å². The van der Waals surface area contributed by atoms with Gasteiger partial charge < -0.3 is 16.5 Å². The normalized spacial score (nSPS) is 11.6. The van der Waals surface area contributed by atoms with Crippen LogP contribution in [0.15, 0.2) is 66.5 Å². The average molecular weight is 606 g/mol. The maximum Gasteiger partial charge on any atom is 0.247 e. The van der Waals surface area contributed by atoms with Crippen LogP contribution in [0, 0.1) is 18.3 Å². The van der Waals surface area contributed by atoms with Gasteiger partial charge in [0.2, 0.25) is 5.92 Å². The highest BCUT2D eigenvalue weighted by molar-refractivity contribution is 6.08. The average Bonchev–Trinajstić information content (AvgIpc) is 3.03. The highest BCUT2D eigenvalue weighted by atomic mass is 19.3. The molecule has 0 aliphatic rings. The lowest BCUT2D eigenvalue weighted by Crippen LogP contribution is -2.10. The predicted molar refractivity (Wildman–Crippen MR) is 182 cm³/mol. The summed E-state index contributed by atoms with van der Waals surface area (Å²) in [5.41, 5.74) is 11.7. The van der Waals surface area contributed by atoms with Gasteiger partial charge in [0.25, 0.3) is 0 Å². The van der Waals surface area contributed by atoms with Gasteiger partial charge >= 0.3 is 0 Å². The number of carbonyl (C=O) groups excluding carboxylic acids is 1. The zero-order valence-corrected chi connectivity index (χ0v) is 27.5. The number of benzene rings is 2. The Balaban J connectivity index is 0.000000752. The molecule has 6 nitrogen and oxygen atoms in total. The van der Waals surface area contributed by atoms with Crippen molar-refractivity contribution in [3.63, 3.8) is 0 Å². The number of rotatable bonds is 11. The van der Waals surface area contributed by atoms with Gasteiger partial charge in [0.15, 0.2) is 11.6 Å². The Morgan fingerprint density at radius 3 is 2.09 bits per heavy atom. The second-order valence-electron chi connectivity index (χ2n) is 10.7. The Morgan fingerprint density at radius 2 is 1.64 bits per heavy atom. The van der Waals surface area contributed by atoms with Gasteiger partial charge in [-0.05, 0) is 66.5 Å².